The zero-order valence-corrected chi connectivity index (χ0v) is 30.0. The molecular weight excluding hydrogens is 581 g/mol. The van der Waals surface area contributed by atoms with Crippen molar-refractivity contribution in [3.8, 4) is 11.5 Å². The van der Waals surface area contributed by atoms with Gasteiger partial charge in [-0.3, -0.25) is 4.79 Å². The van der Waals surface area contributed by atoms with Crippen molar-refractivity contribution >= 4 is 38.6 Å². The van der Waals surface area contributed by atoms with Crippen molar-refractivity contribution in [2.24, 2.45) is 0 Å². The molecule has 44 heavy (non-hydrogen) atoms. The summed E-state index contributed by atoms with van der Waals surface area (Å²) in [5.74, 6) is 0.849. The van der Waals surface area contributed by atoms with E-state index in [1.54, 1.807) is 19.2 Å². The molecule has 1 atom stereocenters. The van der Waals surface area contributed by atoms with Crippen LogP contribution in [0.1, 0.15) is 58.3 Å². The third kappa shape index (κ3) is 6.53. The number of amides is 1. The number of hydrogen-bond donors (Lipinski definition) is 1. The van der Waals surface area contributed by atoms with E-state index in [0.717, 1.165) is 15.9 Å². The highest BCUT2D eigenvalue weighted by Crippen LogP contribution is 2.42. The molecular formula is C36H50N2O4Si2. The maximum absolute atomic E-state index is 14.1. The van der Waals surface area contributed by atoms with Crippen LogP contribution in [-0.4, -0.2) is 53.7 Å². The standard InChI is InChI=1S/C36H50N2O4Si2/c1-26-21-27(25-41-43(9,10)35(2,3)4)38(24-26)34(39)30-22-32(40-8)33(23-31(30)37)42-44(36(5,6)7,28-17-13-11-14-18-28)29-19-15-12-16-20-29/h11-20,22-23,27H,1,21,24-25,37H2,2-10H3. The zero-order chi connectivity index (χ0) is 32.5. The SMILES string of the molecule is C=C1CC(CO[Si](C)(C)C(C)(C)C)N(C(=O)c2cc(OC)c(O[Si](c3ccccc3)(c3ccccc3)C(C)(C)C)cc2N)C1. The molecule has 6 nitrogen and oxygen atoms in total. The van der Waals surface area contributed by atoms with E-state index in [0.29, 0.717) is 42.3 Å². The Morgan fingerprint density at radius 2 is 1.45 bits per heavy atom. The molecule has 3 aromatic rings. The zero-order valence-electron chi connectivity index (χ0n) is 28.0. The Morgan fingerprint density at radius 3 is 1.93 bits per heavy atom. The van der Waals surface area contributed by atoms with Crippen LogP contribution in [0.4, 0.5) is 5.69 Å². The second-order valence-corrected chi connectivity index (χ2v) is 23.5. The number of carbonyl (C=O) groups excluding carboxylic acids is 1. The molecule has 0 saturated carbocycles. The predicted molar refractivity (Wildman–Crippen MR) is 187 cm³/mol. The fourth-order valence-corrected chi connectivity index (χ4v) is 11.2. The lowest BCUT2D eigenvalue weighted by molar-refractivity contribution is 0.0686. The van der Waals surface area contributed by atoms with Crippen LogP contribution in [0.3, 0.4) is 0 Å². The van der Waals surface area contributed by atoms with Crippen LogP contribution >= 0.6 is 0 Å². The minimum Gasteiger partial charge on any atom is -0.531 e. The van der Waals surface area contributed by atoms with Crippen molar-refractivity contribution in [3.05, 3.63) is 90.5 Å². The molecule has 1 aliphatic heterocycles. The maximum atomic E-state index is 14.1. The highest BCUT2D eigenvalue weighted by atomic mass is 28.4. The summed E-state index contributed by atoms with van der Waals surface area (Å²) in [5, 5.41) is 2.10. The number of hydrogen-bond acceptors (Lipinski definition) is 5. The fraction of sp³-hybridized carbons (Fsp3) is 0.417. The second kappa shape index (κ2) is 12.6. The average Bonchev–Trinajstić information content (AvgIpc) is 3.34. The topological polar surface area (TPSA) is 74.0 Å². The van der Waals surface area contributed by atoms with Crippen LogP contribution in [-0.2, 0) is 4.43 Å². The second-order valence-electron chi connectivity index (χ2n) is 14.5. The number of methoxy groups -OCH3 is 1. The highest BCUT2D eigenvalue weighted by Gasteiger charge is 2.52. The van der Waals surface area contributed by atoms with Crippen LogP contribution in [0.5, 0.6) is 11.5 Å². The van der Waals surface area contributed by atoms with Crippen LogP contribution in [0.2, 0.25) is 23.2 Å². The summed E-state index contributed by atoms with van der Waals surface area (Å²) in [6.45, 7) is 23.0. The number of rotatable bonds is 9. The lowest BCUT2D eigenvalue weighted by Gasteiger charge is -2.43. The Hall–Kier alpha value is -3.34. The first kappa shape index (κ1) is 33.6. The summed E-state index contributed by atoms with van der Waals surface area (Å²) >= 11 is 0. The van der Waals surface area contributed by atoms with E-state index in [2.05, 4.69) is 110 Å². The molecule has 0 aromatic heterocycles. The van der Waals surface area contributed by atoms with Crippen molar-refractivity contribution in [2.75, 3.05) is 26.0 Å². The van der Waals surface area contributed by atoms with E-state index >= 15 is 0 Å². The van der Waals surface area contributed by atoms with E-state index in [4.69, 9.17) is 19.3 Å². The quantitative estimate of drug-likeness (QED) is 0.156. The van der Waals surface area contributed by atoms with Gasteiger partial charge in [0.25, 0.3) is 5.91 Å². The summed E-state index contributed by atoms with van der Waals surface area (Å²) < 4.78 is 19.7. The number of nitrogens with zero attached hydrogens (tertiary/aromatic N) is 1. The Balaban J connectivity index is 1.73. The van der Waals surface area contributed by atoms with Gasteiger partial charge in [0.15, 0.2) is 14.1 Å². The lowest BCUT2D eigenvalue weighted by Crippen LogP contribution is -2.68. The molecule has 3 aromatic carbocycles. The largest absolute Gasteiger partial charge is 0.531 e. The third-order valence-electron chi connectivity index (χ3n) is 9.31. The number of ether oxygens (including phenoxy) is 1. The van der Waals surface area contributed by atoms with E-state index in [1.807, 2.05) is 17.0 Å². The number of likely N-dealkylation sites (tertiary alicyclic amines) is 1. The van der Waals surface area contributed by atoms with Gasteiger partial charge in [0.1, 0.15) is 5.75 Å². The number of carbonyl (C=O) groups is 1. The summed E-state index contributed by atoms with van der Waals surface area (Å²) in [5.41, 5.74) is 8.44. The monoisotopic (exact) mass is 630 g/mol. The molecule has 1 saturated heterocycles. The van der Waals surface area contributed by atoms with Crippen molar-refractivity contribution in [2.45, 2.75) is 77.2 Å². The number of nitrogen functional groups attached to an aromatic ring is 1. The van der Waals surface area contributed by atoms with Gasteiger partial charge < -0.3 is 24.2 Å². The Morgan fingerprint density at radius 1 is 0.909 bits per heavy atom. The van der Waals surface area contributed by atoms with Gasteiger partial charge in [-0.15, -0.1) is 0 Å². The number of benzene rings is 3. The molecule has 1 aliphatic rings. The summed E-state index contributed by atoms with van der Waals surface area (Å²) in [4.78, 5) is 15.9. The maximum Gasteiger partial charge on any atom is 0.320 e. The van der Waals surface area contributed by atoms with Crippen LogP contribution in [0.25, 0.3) is 0 Å². The van der Waals surface area contributed by atoms with Gasteiger partial charge in [-0.25, -0.2) is 0 Å². The molecule has 8 heteroatoms. The average molecular weight is 631 g/mol. The summed E-state index contributed by atoms with van der Waals surface area (Å²) in [6, 6.07) is 24.2. The molecule has 0 aliphatic carbocycles. The van der Waals surface area contributed by atoms with E-state index in [9.17, 15) is 4.79 Å². The first-order chi connectivity index (χ1) is 20.5. The van der Waals surface area contributed by atoms with Gasteiger partial charge in [0.05, 0.1) is 25.3 Å². The Kier molecular flexibility index (Phi) is 9.59. The highest BCUT2D eigenvalue weighted by molar-refractivity contribution is 7.00. The van der Waals surface area contributed by atoms with Gasteiger partial charge in [0.2, 0.25) is 0 Å². The minimum atomic E-state index is -2.95. The molecule has 1 unspecified atom stereocenters. The normalized spacial score (nSPS) is 16.2. The smallest absolute Gasteiger partial charge is 0.320 e. The number of anilines is 1. The van der Waals surface area contributed by atoms with Gasteiger partial charge in [0, 0.05) is 18.3 Å². The van der Waals surface area contributed by atoms with Crippen molar-refractivity contribution < 1.29 is 18.4 Å². The molecule has 4 rings (SSSR count). The Bertz CT molecular complexity index is 1440. The van der Waals surface area contributed by atoms with Crippen molar-refractivity contribution in [1.82, 2.24) is 4.90 Å². The molecule has 0 spiro atoms. The molecule has 1 amide bonds. The third-order valence-corrected chi connectivity index (χ3v) is 18.7. The first-order valence-corrected chi connectivity index (χ1v) is 20.2. The molecule has 0 bridgehead atoms. The Labute approximate surface area is 266 Å². The van der Waals surface area contributed by atoms with Crippen molar-refractivity contribution in [1.29, 1.82) is 0 Å². The molecule has 2 N–H and O–H groups in total. The first-order valence-electron chi connectivity index (χ1n) is 15.4. The fourth-order valence-electron chi connectivity index (χ4n) is 5.75. The van der Waals surface area contributed by atoms with Gasteiger partial charge >= 0.3 is 8.32 Å². The van der Waals surface area contributed by atoms with E-state index < -0.39 is 16.6 Å². The van der Waals surface area contributed by atoms with Crippen LogP contribution < -0.4 is 25.3 Å². The van der Waals surface area contributed by atoms with Crippen LogP contribution in [0, 0.1) is 0 Å². The van der Waals surface area contributed by atoms with Gasteiger partial charge in [-0.2, -0.15) is 0 Å². The van der Waals surface area contributed by atoms with E-state index in [-0.39, 0.29) is 22.0 Å². The molecule has 1 fully saturated rings. The van der Waals surface area contributed by atoms with Gasteiger partial charge in [-0.05, 0) is 46.0 Å². The minimum absolute atomic E-state index is 0.0795. The van der Waals surface area contributed by atoms with E-state index in [1.165, 1.54) is 0 Å². The van der Waals surface area contributed by atoms with Gasteiger partial charge in [-0.1, -0.05) is 114 Å². The molecule has 0 radical (unpaired) electrons. The predicted octanol–water partition coefficient (Wildman–Crippen LogP) is 7.01. The number of nitrogens with two attached hydrogens (primary N) is 1. The molecule has 1 heterocycles. The van der Waals surface area contributed by atoms with Crippen molar-refractivity contribution in [3.63, 3.8) is 0 Å². The van der Waals surface area contributed by atoms with Crippen LogP contribution in [0.15, 0.2) is 84.9 Å². The summed E-state index contributed by atoms with van der Waals surface area (Å²) in [6.07, 6.45) is 0.715. The molecule has 236 valence electrons. The summed E-state index contributed by atoms with van der Waals surface area (Å²) in [7, 11) is -3.34. The lowest BCUT2D eigenvalue weighted by atomic mass is 10.1.